The Morgan fingerprint density at radius 1 is 1.16 bits per heavy atom. The molecule has 0 bridgehead atoms. The Bertz CT molecular complexity index is 584. The summed E-state index contributed by atoms with van der Waals surface area (Å²) in [5.41, 5.74) is 4.00. The molecule has 1 heterocycles. The number of carbonyl (C=O) groups is 3. The minimum Gasteiger partial charge on any atom is -0.458 e. The van der Waals surface area contributed by atoms with Gasteiger partial charge in [-0.05, 0) is 25.3 Å². The summed E-state index contributed by atoms with van der Waals surface area (Å²) in [5.74, 6) is -3.23. The second kappa shape index (κ2) is 9.87. The van der Waals surface area contributed by atoms with Crippen LogP contribution in [0, 0.1) is 0 Å². The van der Waals surface area contributed by atoms with Gasteiger partial charge in [-0.3, -0.25) is 4.84 Å². The fourth-order valence-electron chi connectivity index (χ4n) is 2.37. The molecule has 2 N–H and O–H groups in total. The zero-order valence-corrected chi connectivity index (χ0v) is 14.0. The summed E-state index contributed by atoms with van der Waals surface area (Å²) in [7, 11) is 0. The van der Waals surface area contributed by atoms with Crippen LogP contribution in [-0.4, -0.2) is 43.1 Å². The van der Waals surface area contributed by atoms with Crippen molar-refractivity contribution >= 4 is 17.9 Å². The number of hydrogen-bond acceptors (Lipinski definition) is 8. The van der Waals surface area contributed by atoms with Crippen molar-refractivity contribution in [1.82, 2.24) is 10.8 Å². The van der Waals surface area contributed by atoms with Gasteiger partial charge in [-0.2, -0.15) is 5.48 Å². The number of rotatable bonds is 6. The number of piperidine rings is 1. The molecule has 0 aliphatic carbocycles. The highest BCUT2D eigenvalue weighted by molar-refractivity contribution is 6.31. The molecule has 0 radical (unpaired) electrons. The van der Waals surface area contributed by atoms with Gasteiger partial charge in [0.2, 0.25) is 0 Å². The molecule has 1 aromatic rings. The van der Waals surface area contributed by atoms with Crippen LogP contribution < -0.4 is 10.8 Å². The molecule has 0 aromatic heterocycles. The highest BCUT2D eigenvalue weighted by atomic mass is 16.6. The van der Waals surface area contributed by atoms with E-state index in [1.807, 2.05) is 30.3 Å². The van der Waals surface area contributed by atoms with Crippen molar-refractivity contribution in [2.75, 3.05) is 13.2 Å². The van der Waals surface area contributed by atoms with E-state index in [0.29, 0.717) is 26.0 Å². The number of hydrogen-bond donors (Lipinski definition) is 2. The molecular formula is C17H22N2O6. The summed E-state index contributed by atoms with van der Waals surface area (Å²) in [5, 5.41) is 2.97. The van der Waals surface area contributed by atoms with Crippen LogP contribution in [0.4, 0.5) is 0 Å². The largest absolute Gasteiger partial charge is 0.458 e. The molecule has 1 aliphatic heterocycles. The highest BCUT2D eigenvalue weighted by Gasteiger charge is 2.30. The van der Waals surface area contributed by atoms with Crippen molar-refractivity contribution in [2.45, 2.75) is 38.5 Å². The van der Waals surface area contributed by atoms with Crippen LogP contribution in [0.3, 0.4) is 0 Å². The van der Waals surface area contributed by atoms with E-state index in [1.54, 1.807) is 6.92 Å². The van der Waals surface area contributed by atoms with Gasteiger partial charge in [-0.25, -0.2) is 14.4 Å². The lowest BCUT2D eigenvalue weighted by Gasteiger charge is -2.28. The van der Waals surface area contributed by atoms with Crippen molar-refractivity contribution in [1.29, 1.82) is 0 Å². The third-order valence-corrected chi connectivity index (χ3v) is 3.67. The van der Waals surface area contributed by atoms with E-state index < -0.39 is 23.9 Å². The molecule has 1 aliphatic rings. The van der Waals surface area contributed by atoms with Crippen LogP contribution in [0.15, 0.2) is 30.3 Å². The number of hydroxylamine groups is 1. The van der Waals surface area contributed by atoms with Crippen molar-refractivity contribution in [3.63, 3.8) is 0 Å². The Balaban J connectivity index is 1.66. The molecule has 8 heteroatoms. The lowest BCUT2D eigenvalue weighted by Crippen LogP contribution is -2.51. The highest BCUT2D eigenvalue weighted by Crippen LogP contribution is 2.10. The predicted octanol–water partition coefficient (Wildman–Crippen LogP) is 0.461. The van der Waals surface area contributed by atoms with Crippen LogP contribution >= 0.6 is 0 Å². The number of benzene rings is 1. The van der Waals surface area contributed by atoms with Crippen molar-refractivity contribution in [2.24, 2.45) is 0 Å². The Morgan fingerprint density at radius 2 is 1.92 bits per heavy atom. The lowest BCUT2D eigenvalue weighted by atomic mass is 10.0. The first-order chi connectivity index (χ1) is 12.1. The van der Waals surface area contributed by atoms with Gasteiger partial charge in [0.05, 0.1) is 13.2 Å². The van der Waals surface area contributed by atoms with Gasteiger partial charge in [0, 0.05) is 12.6 Å². The normalized spacial score (nSPS) is 19.9. The molecule has 1 saturated heterocycles. The summed E-state index contributed by atoms with van der Waals surface area (Å²) in [6.07, 6.45) is 1.12. The van der Waals surface area contributed by atoms with Gasteiger partial charge in [0.15, 0.2) is 0 Å². The topological polar surface area (TPSA) is 103 Å². The molecule has 0 amide bonds. The molecular weight excluding hydrogens is 328 g/mol. The molecule has 25 heavy (non-hydrogen) atoms. The second-order valence-corrected chi connectivity index (χ2v) is 5.56. The number of nitrogens with one attached hydrogen (secondary N) is 2. The average Bonchev–Trinajstić information content (AvgIpc) is 2.63. The van der Waals surface area contributed by atoms with E-state index in [-0.39, 0.29) is 12.6 Å². The van der Waals surface area contributed by atoms with E-state index in [0.717, 1.165) is 5.56 Å². The monoisotopic (exact) mass is 350 g/mol. The summed E-state index contributed by atoms with van der Waals surface area (Å²) in [6, 6.07) is 9.15. The molecule has 136 valence electrons. The maximum Gasteiger partial charge on any atom is 0.425 e. The maximum absolute atomic E-state index is 11.9. The van der Waals surface area contributed by atoms with E-state index in [4.69, 9.17) is 4.84 Å². The summed E-state index contributed by atoms with van der Waals surface area (Å²) in [4.78, 5) is 39.8. The Hall–Kier alpha value is -2.29. The van der Waals surface area contributed by atoms with Gasteiger partial charge >= 0.3 is 17.9 Å². The number of ether oxygens (including phenoxy) is 2. The molecule has 1 fully saturated rings. The Labute approximate surface area is 145 Å². The molecule has 0 saturated carbocycles. The molecule has 0 spiro atoms. The first-order valence-electron chi connectivity index (χ1n) is 8.17. The van der Waals surface area contributed by atoms with Crippen LogP contribution in [0.25, 0.3) is 0 Å². The van der Waals surface area contributed by atoms with Crippen LogP contribution in [0.1, 0.15) is 25.3 Å². The number of esters is 3. The molecule has 2 rings (SSSR count). The maximum atomic E-state index is 11.9. The molecule has 8 nitrogen and oxygen atoms in total. The van der Waals surface area contributed by atoms with Crippen molar-refractivity contribution in [3.05, 3.63) is 35.9 Å². The van der Waals surface area contributed by atoms with E-state index in [2.05, 4.69) is 20.3 Å². The molecule has 1 aromatic carbocycles. The molecule has 2 atom stereocenters. The van der Waals surface area contributed by atoms with E-state index in [1.165, 1.54) is 0 Å². The standard InChI is InChI=1S/C17H22N2O6/c1-2-23-16(21)17(22)25-15(20)14-9-8-13(10-18-14)19-24-11-12-6-4-3-5-7-12/h3-7,13-14,18-19H,2,8-11H2,1H3/t13-,14+/m1/s1. The SMILES string of the molecule is CCOC(=O)C(=O)OC(=O)[C@@H]1CC[C@@H](NOCc2ccccc2)CN1. The quantitative estimate of drug-likeness (QED) is 0.330. The van der Waals surface area contributed by atoms with E-state index in [9.17, 15) is 14.4 Å². The minimum atomic E-state index is -1.29. The van der Waals surface area contributed by atoms with E-state index >= 15 is 0 Å². The van der Waals surface area contributed by atoms with Gasteiger partial charge in [-0.15, -0.1) is 0 Å². The second-order valence-electron chi connectivity index (χ2n) is 5.56. The fourth-order valence-corrected chi connectivity index (χ4v) is 2.37. The Kier molecular flexibility index (Phi) is 7.52. The number of carbonyl (C=O) groups excluding carboxylic acids is 3. The summed E-state index contributed by atoms with van der Waals surface area (Å²) >= 11 is 0. The lowest BCUT2D eigenvalue weighted by molar-refractivity contribution is -0.174. The van der Waals surface area contributed by atoms with Crippen molar-refractivity contribution in [3.8, 4) is 0 Å². The summed E-state index contributed by atoms with van der Waals surface area (Å²) < 4.78 is 8.99. The van der Waals surface area contributed by atoms with Crippen molar-refractivity contribution < 1.29 is 28.7 Å². The third-order valence-electron chi connectivity index (χ3n) is 3.67. The predicted molar refractivity (Wildman–Crippen MR) is 86.9 cm³/mol. The first-order valence-corrected chi connectivity index (χ1v) is 8.17. The zero-order chi connectivity index (χ0) is 18.1. The van der Waals surface area contributed by atoms with Crippen LogP contribution in [0.5, 0.6) is 0 Å². The van der Waals surface area contributed by atoms with Gasteiger partial charge in [0.1, 0.15) is 6.04 Å². The van der Waals surface area contributed by atoms with Crippen LogP contribution in [0.2, 0.25) is 0 Å². The van der Waals surface area contributed by atoms with Gasteiger partial charge < -0.3 is 14.8 Å². The van der Waals surface area contributed by atoms with Crippen LogP contribution in [-0.2, 0) is 35.3 Å². The zero-order valence-electron chi connectivity index (χ0n) is 14.0. The third kappa shape index (κ3) is 6.26. The summed E-state index contributed by atoms with van der Waals surface area (Å²) in [6.45, 7) is 2.52. The Morgan fingerprint density at radius 3 is 2.56 bits per heavy atom. The minimum absolute atomic E-state index is 0.0357. The smallest absolute Gasteiger partial charge is 0.425 e. The molecule has 0 unspecified atom stereocenters. The first kappa shape index (κ1) is 19.0. The average molecular weight is 350 g/mol. The fraction of sp³-hybridized carbons (Fsp3) is 0.471. The van der Waals surface area contributed by atoms with Gasteiger partial charge in [0.25, 0.3) is 0 Å². The van der Waals surface area contributed by atoms with Gasteiger partial charge in [-0.1, -0.05) is 30.3 Å².